The van der Waals surface area contributed by atoms with Gasteiger partial charge in [0.15, 0.2) is 0 Å². The van der Waals surface area contributed by atoms with Crippen LogP contribution >= 0.6 is 0 Å². The Hall–Kier alpha value is -0.570. The Morgan fingerprint density at radius 1 is 1.50 bits per heavy atom. The van der Waals surface area contributed by atoms with Crippen LogP contribution in [0.25, 0.3) is 0 Å². The fourth-order valence-corrected chi connectivity index (χ4v) is 1.35. The minimum atomic E-state index is 0.592. The molecule has 56 valence electrons. The zero-order chi connectivity index (χ0) is 7.23. The van der Waals surface area contributed by atoms with Gasteiger partial charge in [0.2, 0.25) is 0 Å². The summed E-state index contributed by atoms with van der Waals surface area (Å²) in [6, 6.07) is 0. The van der Waals surface area contributed by atoms with Gasteiger partial charge in [-0.3, -0.25) is 4.79 Å². The summed E-state index contributed by atoms with van der Waals surface area (Å²) in [5.41, 5.74) is 3.03. The van der Waals surface area contributed by atoms with E-state index in [2.05, 4.69) is 10.3 Å². The van der Waals surface area contributed by atoms with Crippen LogP contribution in [0.4, 0.5) is 0 Å². The van der Waals surface area contributed by atoms with Crippen LogP contribution in [0.1, 0.15) is 25.7 Å². The van der Waals surface area contributed by atoms with Crippen molar-refractivity contribution in [2.24, 2.45) is 5.92 Å². The summed E-state index contributed by atoms with van der Waals surface area (Å²) in [7, 11) is 0. The Kier molecular flexibility index (Phi) is 3.22. The molecule has 1 fully saturated rings. The molecule has 1 rings (SSSR count). The molecule has 0 N–H and O–H groups in total. The molecule has 1 aliphatic rings. The van der Waals surface area contributed by atoms with E-state index in [0.717, 1.165) is 0 Å². The topological polar surface area (TPSA) is 40.4 Å². The Balaban J connectivity index is 1.96. The molecule has 0 atom stereocenters. The van der Waals surface area contributed by atoms with Crippen molar-refractivity contribution in [3.8, 4) is 0 Å². The molecule has 0 spiro atoms. The first-order chi connectivity index (χ1) is 4.93. The molecular formula is C7H11NO2. The standard InChI is InChI=1S/C7H11NO2/c9-6-8-10-5-7-3-1-2-4-7/h7H,1-5H2. The van der Waals surface area contributed by atoms with E-state index >= 15 is 0 Å². The van der Waals surface area contributed by atoms with Crippen molar-refractivity contribution in [2.75, 3.05) is 6.61 Å². The summed E-state index contributed by atoms with van der Waals surface area (Å²) < 4.78 is 0. The SMILES string of the molecule is O=[C][N]OCC1CCCC1. The first-order valence-electron chi connectivity index (χ1n) is 3.62. The van der Waals surface area contributed by atoms with Crippen LogP contribution in [0.3, 0.4) is 0 Å². The van der Waals surface area contributed by atoms with E-state index in [9.17, 15) is 4.79 Å². The molecule has 0 saturated heterocycles. The van der Waals surface area contributed by atoms with E-state index in [-0.39, 0.29) is 0 Å². The van der Waals surface area contributed by atoms with E-state index in [1.165, 1.54) is 32.1 Å². The number of carbonyl (C=O) groups excluding carboxylic acids is 1. The number of hydrogen-bond donors (Lipinski definition) is 0. The highest BCUT2D eigenvalue weighted by Gasteiger charge is 2.14. The number of hydrogen-bond acceptors (Lipinski definition) is 2. The summed E-state index contributed by atoms with van der Waals surface area (Å²) in [4.78, 5) is 14.2. The molecule has 0 heterocycles. The zero-order valence-electron chi connectivity index (χ0n) is 5.88. The van der Waals surface area contributed by atoms with Crippen molar-refractivity contribution < 1.29 is 9.63 Å². The lowest BCUT2D eigenvalue weighted by Crippen LogP contribution is -2.10. The second kappa shape index (κ2) is 4.28. The van der Waals surface area contributed by atoms with Gasteiger partial charge in [-0.25, -0.2) is 4.84 Å². The molecule has 3 nitrogen and oxygen atoms in total. The van der Waals surface area contributed by atoms with E-state index in [0.29, 0.717) is 12.5 Å². The Labute approximate surface area is 60.7 Å². The first kappa shape index (κ1) is 7.54. The lowest BCUT2D eigenvalue weighted by Gasteiger charge is -2.04. The average molecular weight is 141 g/mol. The third-order valence-electron chi connectivity index (χ3n) is 1.89. The minimum absolute atomic E-state index is 0.592. The Morgan fingerprint density at radius 2 is 2.20 bits per heavy atom. The van der Waals surface area contributed by atoms with Crippen molar-refractivity contribution in [3.05, 3.63) is 0 Å². The molecule has 3 heteroatoms. The van der Waals surface area contributed by atoms with E-state index < -0.39 is 0 Å². The lowest BCUT2D eigenvalue weighted by atomic mass is 10.1. The van der Waals surface area contributed by atoms with E-state index in [4.69, 9.17) is 0 Å². The molecule has 0 aromatic rings. The van der Waals surface area contributed by atoms with Crippen LogP contribution in [0.15, 0.2) is 0 Å². The van der Waals surface area contributed by atoms with Crippen molar-refractivity contribution in [2.45, 2.75) is 25.7 Å². The van der Waals surface area contributed by atoms with Gasteiger partial charge in [-0.2, -0.15) is 0 Å². The maximum absolute atomic E-state index is 9.56. The van der Waals surface area contributed by atoms with Crippen molar-refractivity contribution in [1.82, 2.24) is 5.48 Å². The maximum atomic E-state index is 9.56. The molecule has 2 radical (unpaired) electrons. The number of nitrogens with zero attached hydrogens (tertiary/aromatic N) is 1. The van der Waals surface area contributed by atoms with Gasteiger partial charge >= 0.3 is 6.41 Å². The summed E-state index contributed by atoms with van der Waals surface area (Å²) in [5.74, 6) is 0.622. The van der Waals surface area contributed by atoms with Crippen LogP contribution in [0.2, 0.25) is 0 Å². The van der Waals surface area contributed by atoms with Crippen molar-refractivity contribution in [3.63, 3.8) is 0 Å². The van der Waals surface area contributed by atoms with Crippen molar-refractivity contribution >= 4 is 6.41 Å². The van der Waals surface area contributed by atoms with Gasteiger partial charge in [-0.15, -0.1) is 0 Å². The fraction of sp³-hybridized carbons (Fsp3) is 0.857. The quantitative estimate of drug-likeness (QED) is 0.428. The molecule has 0 aromatic carbocycles. The summed E-state index contributed by atoms with van der Waals surface area (Å²) >= 11 is 0. The van der Waals surface area contributed by atoms with Crippen LogP contribution < -0.4 is 5.48 Å². The average Bonchev–Trinajstić information content (AvgIpc) is 2.41. The van der Waals surface area contributed by atoms with Gasteiger partial charge in [-0.05, 0) is 18.8 Å². The van der Waals surface area contributed by atoms with Crippen LogP contribution in [0.5, 0.6) is 0 Å². The van der Waals surface area contributed by atoms with Gasteiger partial charge in [0.05, 0.1) is 6.61 Å². The minimum Gasteiger partial charge on any atom is -0.259 e. The zero-order valence-corrected chi connectivity index (χ0v) is 5.88. The Morgan fingerprint density at radius 3 is 2.80 bits per heavy atom. The van der Waals surface area contributed by atoms with Crippen LogP contribution in [-0.2, 0) is 9.63 Å². The predicted molar refractivity (Wildman–Crippen MR) is 35.7 cm³/mol. The van der Waals surface area contributed by atoms with Crippen LogP contribution in [0, 0.1) is 5.92 Å². The third-order valence-corrected chi connectivity index (χ3v) is 1.89. The highest BCUT2D eigenvalue weighted by atomic mass is 16.6. The van der Waals surface area contributed by atoms with Gasteiger partial charge in [-0.1, -0.05) is 18.3 Å². The lowest BCUT2D eigenvalue weighted by molar-refractivity contribution is 0.0490. The molecule has 0 bridgehead atoms. The first-order valence-corrected chi connectivity index (χ1v) is 3.62. The molecule has 1 aliphatic carbocycles. The van der Waals surface area contributed by atoms with E-state index in [1.807, 2.05) is 0 Å². The second-order valence-corrected chi connectivity index (χ2v) is 2.63. The smallest absolute Gasteiger partial charge is 0.259 e. The molecular weight excluding hydrogens is 130 g/mol. The Bertz CT molecular complexity index is 99.8. The van der Waals surface area contributed by atoms with Gasteiger partial charge in [0, 0.05) is 0 Å². The summed E-state index contributed by atoms with van der Waals surface area (Å²) in [6.45, 7) is 0.592. The largest absolute Gasteiger partial charge is 0.361 e. The second-order valence-electron chi connectivity index (χ2n) is 2.63. The highest BCUT2D eigenvalue weighted by molar-refractivity contribution is 5.44. The summed E-state index contributed by atoms with van der Waals surface area (Å²) in [6.07, 6.45) is 6.36. The predicted octanol–water partition coefficient (Wildman–Crippen LogP) is 0.780. The number of hydroxylamine groups is 1. The fourth-order valence-electron chi connectivity index (χ4n) is 1.35. The maximum Gasteiger partial charge on any atom is 0.361 e. The third kappa shape index (κ3) is 2.35. The van der Waals surface area contributed by atoms with E-state index in [1.54, 1.807) is 0 Å². The van der Waals surface area contributed by atoms with Gasteiger partial charge < -0.3 is 0 Å². The molecule has 0 aromatic heterocycles. The highest BCUT2D eigenvalue weighted by Crippen LogP contribution is 2.24. The van der Waals surface area contributed by atoms with Crippen molar-refractivity contribution in [1.29, 1.82) is 0 Å². The number of rotatable bonds is 4. The monoisotopic (exact) mass is 141 g/mol. The van der Waals surface area contributed by atoms with Crippen LogP contribution in [-0.4, -0.2) is 13.0 Å². The van der Waals surface area contributed by atoms with Gasteiger partial charge in [0.1, 0.15) is 0 Å². The van der Waals surface area contributed by atoms with Gasteiger partial charge in [0.25, 0.3) is 0 Å². The molecule has 1 saturated carbocycles. The molecule has 0 aliphatic heterocycles. The molecule has 10 heavy (non-hydrogen) atoms. The normalized spacial score (nSPS) is 19.2. The summed E-state index contributed by atoms with van der Waals surface area (Å²) in [5, 5.41) is 0. The molecule has 0 unspecified atom stereocenters. The molecule has 1 amide bonds. The number of amides is 1.